The van der Waals surface area contributed by atoms with Crippen LogP contribution in [0, 0.1) is 0 Å². The summed E-state index contributed by atoms with van der Waals surface area (Å²) in [5.74, 6) is 3.32. The number of Topliss-reactive ketones (excluding diaryl/α,β-unsaturated/α-hetero) is 1. The SMILES string of the molecule is COc1cc(C(=O)C[C@@H]2c3c(cc4c(c3OC)OCO4)CC[NH+]2C)cc(OC)c1OC. The Kier molecular flexibility index (Phi) is 5.82. The van der Waals surface area contributed by atoms with Crippen LogP contribution in [0.4, 0.5) is 0 Å². The number of hydrogen-bond acceptors (Lipinski definition) is 7. The highest BCUT2D eigenvalue weighted by molar-refractivity contribution is 5.98. The molecule has 2 aliphatic heterocycles. The summed E-state index contributed by atoms with van der Waals surface area (Å²) in [5, 5.41) is 0. The summed E-state index contributed by atoms with van der Waals surface area (Å²) in [6.45, 7) is 1.08. The molecule has 0 aliphatic carbocycles. The number of benzene rings is 2. The largest absolute Gasteiger partial charge is 0.493 e. The molecule has 0 aromatic heterocycles. The van der Waals surface area contributed by atoms with Gasteiger partial charge in [-0.2, -0.15) is 0 Å². The highest BCUT2D eigenvalue weighted by Crippen LogP contribution is 2.48. The summed E-state index contributed by atoms with van der Waals surface area (Å²) in [6, 6.07) is 5.32. The van der Waals surface area contributed by atoms with Crippen LogP contribution in [0.1, 0.15) is 33.9 Å². The maximum atomic E-state index is 13.4. The summed E-state index contributed by atoms with van der Waals surface area (Å²) < 4.78 is 33.2. The molecule has 2 aliphatic rings. The van der Waals surface area contributed by atoms with E-state index < -0.39 is 0 Å². The van der Waals surface area contributed by atoms with Crippen molar-refractivity contribution in [3.8, 4) is 34.5 Å². The quantitative estimate of drug-likeness (QED) is 0.672. The van der Waals surface area contributed by atoms with Crippen molar-refractivity contribution in [2.45, 2.75) is 18.9 Å². The second kappa shape index (κ2) is 8.55. The van der Waals surface area contributed by atoms with E-state index in [1.54, 1.807) is 19.2 Å². The maximum Gasteiger partial charge on any atom is 0.231 e. The van der Waals surface area contributed by atoms with Crippen LogP contribution in [0.15, 0.2) is 18.2 Å². The van der Waals surface area contributed by atoms with Crippen molar-refractivity contribution in [3.63, 3.8) is 0 Å². The number of likely N-dealkylation sites (N-methyl/N-ethyl adjacent to an activating group) is 1. The zero-order valence-electron chi connectivity index (χ0n) is 18.5. The van der Waals surface area contributed by atoms with Gasteiger partial charge in [-0.3, -0.25) is 4.79 Å². The number of nitrogens with one attached hydrogen (secondary N) is 1. The predicted octanol–water partition coefficient (Wildman–Crippen LogP) is 1.83. The van der Waals surface area contributed by atoms with Crippen LogP contribution >= 0.6 is 0 Å². The zero-order chi connectivity index (χ0) is 22.1. The van der Waals surface area contributed by atoms with Crippen molar-refractivity contribution in [1.82, 2.24) is 0 Å². The molecular weight excluding hydrogens is 402 g/mol. The van der Waals surface area contributed by atoms with E-state index in [-0.39, 0.29) is 18.6 Å². The molecule has 0 saturated carbocycles. The Morgan fingerprint density at radius 1 is 1.00 bits per heavy atom. The third-order valence-electron chi connectivity index (χ3n) is 6.06. The van der Waals surface area contributed by atoms with Crippen LogP contribution in [0.2, 0.25) is 0 Å². The number of methoxy groups -OCH3 is 4. The van der Waals surface area contributed by atoms with Gasteiger partial charge in [-0.1, -0.05) is 0 Å². The molecule has 0 radical (unpaired) electrons. The molecule has 1 unspecified atom stereocenters. The van der Waals surface area contributed by atoms with Crippen LogP contribution in [-0.2, 0) is 6.42 Å². The van der Waals surface area contributed by atoms with E-state index in [9.17, 15) is 4.79 Å². The number of ketones is 1. The molecule has 0 amide bonds. The molecule has 31 heavy (non-hydrogen) atoms. The molecule has 0 bridgehead atoms. The fourth-order valence-corrected chi connectivity index (χ4v) is 4.44. The second-order valence-electron chi connectivity index (χ2n) is 7.66. The number of quaternary nitrogens is 1. The topological polar surface area (TPSA) is 76.9 Å². The number of rotatable bonds is 7. The molecule has 8 heteroatoms. The number of ether oxygens (including phenoxy) is 6. The fraction of sp³-hybridized carbons (Fsp3) is 0.435. The molecule has 2 aromatic carbocycles. The van der Waals surface area contributed by atoms with Gasteiger partial charge in [0.05, 0.1) is 54.0 Å². The van der Waals surface area contributed by atoms with Crippen molar-refractivity contribution in [1.29, 1.82) is 0 Å². The average molecular weight is 430 g/mol. The van der Waals surface area contributed by atoms with E-state index in [1.165, 1.54) is 26.2 Å². The summed E-state index contributed by atoms with van der Waals surface area (Å²) in [5.41, 5.74) is 2.65. The molecule has 0 spiro atoms. The standard InChI is InChI=1S/C23H27NO7/c1-24-7-6-13-8-19-22(31-12-30-19)23(29-5)20(13)15(24)11-16(25)14-9-17(26-2)21(28-4)18(10-14)27-3/h8-10,15H,6-7,11-12H2,1-5H3/p+1/t15-/m1/s1. The minimum atomic E-state index is -0.0835. The van der Waals surface area contributed by atoms with E-state index in [0.29, 0.717) is 46.5 Å². The molecule has 0 saturated heterocycles. The van der Waals surface area contributed by atoms with E-state index in [1.807, 2.05) is 6.07 Å². The van der Waals surface area contributed by atoms with Gasteiger partial charge in [-0.05, 0) is 23.8 Å². The van der Waals surface area contributed by atoms with E-state index in [2.05, 4.69) is 7.05 Å². The van der Waals surface area contributed by atoms with Crippen LogP contribution in [-0.4, -0.2) is 54.6 Å². The summed E-state index contributed by atoms with van der Waals surface area (Å²) in [4.78, 5) is 14.6. The first-order valence-electron chi connectivity index (χ1n) is 10.2. The Hall–Kier alpha value is -3.13. The number of carbonyl (C=O) groups is 1. The third-order valence-corrected chi connectivity index (χ3v) is 6.06. The van der Waals surface area contributed by atoms with Crippen molar-refractivity contribution in [2.75, 3.05) is 48.8 Å². The lowest BCUT2D eigenvalue weighted by atomic mass is 9.87. The smallest absolute Gasteiger partial charge is 0.231 e. The van der Waals surface area contributed by atoms with Crippen LogP contribution < -0.4 is 33.3 Å². The molecule has 2 aromatic rings. The molecule has 8 nitrogen and oxygen atoms in total. The normalized spacial score (nSPS) is 18.9. The summed E-state index contributed by atoms with van der Waals surface area (Å²) in [7, 11) is 8.33. The van der Waals surface area contributed by atoms with Crippen molar-refractivity contribution < 1.29 is 38.1 Å². The predicted molar refractivity (Wildman–Crippen MR) is 112 cm³/mol. The van der Waals surface area contributed by atoms with Gasteiger partial charge in [0.15, 0.2) is 28.8 Å². The highest BCUT2D eigenvalue weighted by Gasteiger charge is 2.38. The number of hydrogen-bond donors (Lipinski definition) is 1. The van der Waals surface area contributed by atoms with Crippen LogP contribution in [0.5, 0.6) is 34.5 Å². The Morgan fingerprint density at radius 2 is 1.68 bits per heavy atom. The first-order valence-corrected chi connectivity index (χ1v) is 10.2. The van der Waals surface area contributed by atoms with Gasteiger partial charge in [0.1, 0.15) is 6.04 Å². The first-order chi connectivity index (χ1) is 15.0. The number of fused-ring (bicyclic) bond motifs is 2. The van der Waals surface area contributed by atoms with Gasteiger partial charge >= 0.3 is 0 Å². The molecule has 4 rings (SSSR count). The van der Waals surface area contributed by atoms with Gasteiger partial charge in [0.25, 0.3) is 0 Å². The lowest BCUT2D eigenvalue weighted by Gasteiger charge is -2.32. The molecule has 2 heterocycles. The second-order valence-corrected chi connectivity index (χ2v) is 7.66. The molecule has 1 N–H and O–H groups in total. The lowest BCUT2D eigenvalue weighted by Crippen LogP contribution is -3.10. The highest BCUT2D eigenvalue weighted by atomic mass is 16.7. The monoisotopic (exact) mass is 430 g/mol. The average Bonchev–Trinajstić information content (AvgIpc) is 3.26. The fourth-order valence-electron chi connectivity index (χ4n) is 4.44. The maximum absolute atomic E-state index is 13.4. The van der Waals surface area contributed by atoms with Crippen molar-refractivity contribution in [3.05, 3.63) is 34.9 Å². The molecule has 166 valence electrons. The van der Waals surface area contributed by atoms with E-state index >= 15 is 0 Å². The summed E-state index contributed by atoms with van der Waals surface area (Å²) >= 11 is 0. The molecular formula is C23H28NO7+. The van der Waals surface area contributed by atoms with Crippen LogP contribution in [0.25, 0.3) is 0 Å². The Labute approximate surface area is 181 Å². The van der Waals surface area contributed by atoms with E-state index in [4.69, 9.17) is 28.4 Å². The minimum absolute atomic E-state index is 0.0174. The van der Waals surface area contributed by atoms with Gasteiger partial charge in [-0.15, -0.1) is 0 Å². The lowest BCUT2D eigenvalue weighted by molar-refractivity contribution is -0.913. The zero-order valence-corrected chi connectivity index (χ0v) is 18.5. The molecule has 2 atom stereocenters. The Bertz CT molecular complexity index is 979. The number of carbonyl (C=O) groups excluding carboxylic acids is 1. The first kappa shape index (κ1) is 21.1. The van der Waals surface area contributed by atoms with Crippen molar-refractivity contribution >= 4 is 5.78 Å². The van der Waals surface area contributed by atoms with Crippen LogP contribution in [0.3, 0.4) is 0 Å². The Morgan fingerprint density at radius 3 is 2.29 bits per heavy atom. The summed E-state index contributed by atoms with van der Waals surface area (Å²) in [6.07, 6.45) is 1.18. The Balaban J connectivity index is 1.72. The minimum Gasteiger partial charge on any atom is -0.493 e. The van der Waals surface area contributed by atoms with Gasteiger partial charge in [0, 0.05) is 12.0 Å². The van der Waals surface area contributed by atoms with Crippen molar-refractivity contribution in [2.24, 2.45) is 0 Å². The van der Waals surface area contributed by atoms with Gasteiger partial charge in [-0.25, -0.2) is 0 Å². The third kappa shape index (κ3) is 3.61. The molecule has 0 fully saturated rings. The van der Waals surface area contributed by atoms with Gasteiger partial charge < -0.3 is 33.3 Å². The van der Waals surface area contributed by atoms with E-state index in [0.717, 1.165) is 24.1 Å². The van der Waals surface area contributed by atoms with Gasteiger partial charge in [0.2, 0.25) is 18.3 Å².